The number of thiophene rings is 1. The SMILES string of the molecule is O=C(O)C1CCCN1Cc1ncc(-c2cccs2)o1. The van der Waals surface area contributed by atoms with Crippen molar-refractivity contribution < 1.29 is 14.3 Å². The van der Waals surface area contributed by atoms with Gasteiger partial charge in [-0.1, -0.05) is 6.07 Å². The van der Waals surface area contributed by atoms with Crippen LogP contribution in [0.2, 0.25) is 0 Å². The molecule has 2 aromatic rings. The summed E-state index contributed by atoms with van der Waals surface area (Å²) in [5, 5.41) is 11.1. The first-order valence-corrected chi connectivity index (χ1v) is 7.07. The minimum absolute atomic E-state index is 0.405. The third kappa shape index (κ3) is 2.54. The van der Waals surface area contributed by atoms with Crippen LogP contribution in [-0.2, 0) is 11.3 Å². The zero-order chi connectivity index (χ0) is 13.2. The molecule has 1 unspecified atom stereocenters. The molecule has 3 heterocycles. The van der Waals surface area contributed by atoms with Crippen molar-refractivity contribution in [2.75, 3.05) is 6.54 Å². The topological polar surface area (TPSA) is 66.6 Å². The van der Waals surface area contributed by atoms with E-state index in [0.717, 1.165) is 23.6 Å². The Hall–Kier alpha value is -1.66. The zero-order valence-corrected chi connectivity index (χ0v) is 11.1. The number of hydrogen-bond donors (Lipinski definition) is 1. The van der Waals surface area contributed by atoms with Crippen LogP contribution in [0.15, 0.2) is 28.1 Å². The second-order valence-electron chi connectivity index (χ2n) is 4.56. The van der Waals surface area contributed by atoms with Crippen molar-refractivity contribution in [2.24, 2.45) is 0 Å². The number of carboxylic acid groups (broad SMARTS) is 1. The zero-order valence-electron chi connectivity index (χ0n) is 10.3. The maximum atomic E-state index is 11.1. The first-order chi connectivity index (χ1) is 9.24. The monoisotopic (exact) mass is 278 g/mol. The lowest BCUT2D eigenvalue weighted by Crippen LogP contribution is -2.35. The van der Waals surface area contributed by atoms with E-state index in [9.17, 15) is 4.79 Å². The largest absolute Gasteiger partial charge is 0.480 e. The van der Waals surface area contributed by atoms with E-state index in [0.29, 0.717) is 18.9 Å². The number of aliphatic carboxylic acids is 1. The van der Waals surface area contributed by atoms with Crippen molar-refractivity contribution in [2.45, 2.75) is 25.4 Å². The molecule has 1 aliphatic heterocycles. The summed E-state index contributed by atoms with van der Waals surface area (Å²) in [6, 6.07) is 3.53. The number of hydrogen-bond acceptors (Lipinski definition) is 5. The molecule has 1 atom stereocenters. The fraction of sp³-hybridized carbons (Fsp3) is 0.385. The maximum Gasteiger partial charge on any atom is 0.320 e. The van der Waals surface area contributed by atoms with E-state index < -0.39 is 12.0 Å². The summed E-state index contributed by atoms with van der Waals surface area (Å²) in [6.07, 6.45) is 3.32. The molecule has 0 radical (unpaired) electrons. The van der Waals surface area contributed by atoms with Gasteiger partial charge in [-0.2, -0.15) is 0 Å². The highest BCUT2D eigenvalue weighted by molar-refractivity contribution is 7.13. The molecule has 1 fully saturated rings. The minimum atomic E-state index is -0.762. The molecule has 1 saturated heterocycles. The lowest BCUT2D eigenvalue weighted by molar-refractivity contribution is -0.142. The van der Waals surface area contributed by atoms with Crippen molar-refractivity contribution >= 4 is 17.3 Å². The van der Waals surface area contributed by atoms with Crippen LogP contribution in [0, 0.1) is 0 Å². The summed E-state index contributed by atoms with van der Waals surface area (Å²) in [4.78, 5) is 18.3. The molecule has 0 saturated carbocycles. The summed E-state index contributed by atoms with van der Waals surface area (Å²) in [7, 11) is 0. The number of aromatic nitrogens is 1. The van der Waals surface area contributed by atoms with Gasteiger partial charge in [-0.05, 0) is 30.8 Å². The van der Waals surface area contributed by atoms with E-state index in [1.54, 1.807) is 17.5 Å². The van der Waals surface area contributed by atoms with Crippen molar-refractivity contribution in [1.29, 1.82) is 0 Å². The van der Waals surface area contributed by atoms with Gasteiger partial charge in [0.25, 0.3) is 0 Å². The Balaban J connectivity index is 1.72. The van der Waals surface area contributed by atoms with Crippen molar-refractivity contribution in [3.8, 4) is 10.6 Å². The van der Waals surface area contributed by atoms with Gasteiger partial charge in [0.15, 0.2) is 5.76 Å². The van der Waals surface area contributed by atoms with Gasteiger partial charge in [0, 0.05) is 0 Å². The fourth-order valence-corrected chi connectivity index (χ4v) is 3.06. The summed E-state index contributed by atoms with van der Waals surface area (Å²) < 4.78 is 5.68. The second-order valence-corrected chi connectivity index (χ2v) is 5.51. The van der Waals surface area contributed by atoms with Crippen LogP contribution in [0.4, 0.5) is 0 Å². The number of carboxylic acids is 1. The second kappa shape index (κ2) is 5.14. The van der Waals surface area contributed by atoms with E-state index in [2.05, 4.69) is 4.98 Å². The van der Waals surface area contributed by atoms with Crippen molar-refractivity contribution in [3.63, 3.8) is 0 Å². The molecule has 6 heteroatoms. The molecule has 1 aliphatic rings. The highest BCUT2D eigenvalue weighted by atomic mass is 32.1. The van der Waals surface area contributed by atoms with Gasteiger partial charge in [0.05, 0.1) is 17.6 Å². The highest BCUT2D eigenvalue weighted by Gasteiger charge is 2.31. The molecular formula is C13H14N2O3S. The molecule has 0 aliphatic carbocycles. The summed E-state index contributed by atoms with van der Waals surface area (Å²) >= 11 is 1.60. The molecule has 0 aromatic carbocycles. The van der Waals surface area contributed by atoms with Gasteiger partial charge in [0.1, 0.15) is 6.04 Å². The number of nitrogens with zero attached hydrogens (tertiary/aromatic N) is 2. The average Bonchev–Trinajstić information content (AvgIpc) is 3.09. The van der Waals surface area contributed by atoms with Crippen LogP contribution in [0.25, 0.3) is 10.6 Å². The van der Waals surface area contributed by atoms with Gasteiger partial charge in [-0.3, -0.25) is 9.69 Å². The average molecular weight is 278 g/mol. The first kappa shape index (κ1) is 12.4. The molecule has 0 amide bonds. The Morgan fingerprint density at radius 2 is 2.53 bits per heavy atom. The molecule has 3 rings (SSSR count). The molecule has 5 nitrogen and oxygen atoms in total. The van der Waals surface area contributed by atoms with E-state index >= 15 is 0 Å². The summed E-state index contributed by atoms with van der Waals surface area (Å²) in [5.74, 6) is 0.565. The lowest BCUT2D eigenvalue weighted by atomic mass is 10.2. The van der Waals surface area contributed by atoms with Crippen LogP contribution in [0.3, 0.4) is 0 Å². The highest BCUT2D eigenvalue weighted by Crippen LogP contribution is 2.26. The van der Waals surface area contributed by atoms with Crippen LogP contribution >= 0.6 is 11.3 Å². The molecule has 2 aromatic heterocycles. The van der Waals surface area contributed by atoms with Crippen LogP contribution in [-0.4, -0.2) is 33.5 Å². The van der Waals surface area contributed by atoms with Crippen LogP contribution < -0.4 is 0 Å². The predicted molar refractivity (Wildman–Crippen MR) is 70.9 cm³/mol. The molecule has 19 heavy (non-hydrogen) atoms. The van der Waals surface area contributed by atoms with Crippen molar-refractivity contribution in [3.05, 3.63) is 29.6 Å². The molecule has 0 spiro atoms. The van der Waals surface area contributed by atoms with Crippen LogP contribution in [0.5, 0.6) is 0 Å². The Bertz CT molecular complexity index is 564. The Labute approximate surface area is 114 Å². The third-order valence-corrected chi connectivity index (χ3v) is 4.19. The van der Waals surface area contributed by atoms with E-state index in [4.69, 9.17) is 9.52 Å². The summed E-state index contributed by atoms with van der Waals surface area (Å²) in [5.41, 5.74) is 0. The Morgan fingerprint density at radius 1 is 1.63 bits per heavy atom. The standard InChI is InChI=1S/C13H14N2O3S/c16-13(17)9-3-1-5-15(9)8-12-14-7-10(18-12)11-4-2-6-19-11/h2,4,6-7,9H,1,3,5,8H2,(H,16,17). The quantitative estimate of drug-likeness (QED) is 0.930. The molecule has 0 bridgehead atoms. The Kier molecular flexibility index (Phi) is 3.35. The van der Waals surface area contributed by atoms with E-state index in [1.807, 2.05) is 22.4 Å². The maximum absolute atomic E-state index is 11.1. The molecule has 1 N–H and O–H groups in total. The normalized spacial score (nSPS) is 19.9. The van der Waals surface area contributed by atoms with Crippen LogP contribution in [0.1, 0.15) is 18.7 Å². The predicted octanol–water partition coefficient (Wildman–Crippen LogP) is 2.45. The number of oxazole rings is 1. The lowest BCUT2D eigenvalue weighted by Gasteiger charge is -2.18. The van der Waals surface area contributed by atoms with Gasteiger partial charge in [0.2, 0.25) is 5.89 Å². The minimum Gasteiger partial charge on any atom is -0.480 e. The number of rotatable bonds is 4. The van der Waals surface area contributed by atoms with Crippen molar-refractivity contribution in [1.82, 2.24) is 9.88 Å². The smallest absolute Gasteiger partial charge is 0.320 e. The van der Waals surface area contributed by atoms with Gasteiger partial charge in [-0.25, -0.2) is 4.98 Å². The molecule has 100 valence electrons. The van der Waals surface area contributed by atoms with E-state index in [-0.39, 0.29) is 0 Å². The molecular weight excluding hydrogens is 264 g/mol. The third-order valence-electron chi connectivity index (χ3n) is 3.30. The first-order valence-electron chi connectivity index (χ1n) is 6.19. The van der Waals surface area contributed by atoms with Gasteiger partial charge in [-0.15, -0.1) is 11.3 Å². The Morgan fingerprint density at radius 3 is 3.26 bits per heavy atom. The van der Waals surface area contributed by atoms with Gasteiger partial charge < -0.3 is 9.52 Å². The number of likely N-dealkylation sites (tertiary alicyclic amines) is 1. The van der Waals surface area contributed by atoms with Gasteiger partial charge >= 0.3 is 5.97 Å². The fourth-order valence-electron chi connectivity index (χ4n) is 2.38. The number of carbonyl (C=O) groups is 1. The summed E-state index contributed by atoms with van der Waals surface area (Å²) in [6.45, 7) is 1.25. The van der Waals surface area contributed by atoms with E-state index in [1.165, 1.54) is 0 Å².